The molecule has 0 aliphatic rings. The van der Waals surface area contributed by atoms with Crippen LogP contribution in [0.25, 0.3) is 6.15 Å². The Morgan fingerprint density at radius 3 is 1.11 bits per heavy atom. The van der Waals surface area contributed by atoms with Gasteiger partial charge in [-0.1, -0.05) is 14.9 Å². The second-order valence-corrected chi connectivity index (χ2v) is 0. The van der Waals surface area contributed by atoms with Gasteiger partial charge in [-0.3, -0.25) is 0 Å². The van der Waals surface area contributed by atoms with Crippen molar-refractivity contribution in [3.63, 3.8) is 0 Å². The smallest absolute Gasteiger partial charge is 0 e. The van der Waals surface area contributed by atoms with Gasteiger partial charge in [-0.2, -0.15) is 0 Å². The largest absolute Gasteiger partial charge is 1.00 e. The van der Waals surface area contributed by atoms with Gasteiger partial charge in [-0.25, -0.2) is 0 Å². The maximum Gasteiger partial charge on any atom is 0 e. The van der Waals surface area contributed by atoms with Gasteiger partial charge in [0.15, 0.2) is 0 Å². The maximum atomic E-state index is 6.00. The van der Waals surface area contributed by atoms with Crippen LogP contribution in [-0.4, -0.2) is 15.5 Å². The molecule has 0 aliphatic heterocycles. The summed E-state index contributed by atoms with van der Waals surface area (Å²) in [4.78, 5) is 0. The third-order valence-corrected chi connectivity index (χ3v) is 0. The molecule has 0 saturated carbocycles. The van der Waals surface area contributed by atoms with Gasteiger partial charge in [0.2, 0.25) is 0 Å². The molecule has 4 nitrogen and oxygen atoms in total. The molecular formula is C3H16BN4W-2. The quantitative estimate of drug-likeness (QED) is 0.538. The molecule has 3 radical (unpaired) electrons. The van der Waals surface area contributed by atoms with Crippen LogP contribution in [0.2, 0.25) is 0 Å². The molecule has 0 aromatic heterocycles. The van der Waals surface area contributed by atoms with Gasteiger partial charge in [0.1, 0.15) is 0 Å². The molecule has 0 saturated heterocycles. The first-order valence-corrected chi connectivity index (χ1v) is 0.777. The zero-order valence-corrected chi connectivity index (χ0v) is 6.97. The normalized spacial score (nSPS) is 0.889. The predicted octanol–water partition coefficient (Wildman–Crippen LogP) is 1.32. The van der Waals surface area contributed by atoms with E-state index in [-0.39, 0.29) is 51.9 Å². The van der Waals surface area contributed by atoms with Crippen molar-refractivity contribution in [3.05, 3.63) is 6.15 Å². The average molecular weight is 304 g/mol. The molecule has 0 aromatic carbocycles. The minimum absolute atomic E-state index is 0. The van der Waals surface area contributed by atoms with Crippen LogP contribution in [0, 0.1) is 10.8 Å². The van der Waals surface area contributed by atoms with Crippen molar-refractivity contribution in [2.75, 3.05) is 7.05 Å². The fraction of sp³-hybridized carbons (Fsp3) is 1.00. The molecule has 4 N–H and O–H groups in total. The summed E-state index contributed by atoms with van der Waals surface area (Å²) in [5.74, 6) is 0. The third-order valence-electron chi connectivity index (χ3n) is 0. The molecule has 0 fully saturated rings. The van der Waals surface area contributed by atoms with Gasteiger partial charge in [0.05, 0.1) is 0 Å². The van der Waals surface area contributed by atoms with Gasteiger partial charge in [0.25, 0.3) is 0 Å². The monoisotopic (exact) mass is 304 g/mol. The van der Waals surface area contributed by atoms with E-state index in [4.69, 9.17) is 10.8 Å². The molecular weight excluding hydrogens is 287 g/mol. The van der Waals surface area contributed by atoms with E-state index < -0.39 is 0 Å². The van der Waals surface area contributed by atoms with Gasteiger partial charge < -0.3 is 13.3 Å². The minimum atomic E-state index is 0. The Morgan fingerprint density at radius 1 is 1.11 bits per heavy atom. The topological polar surface area (TPSA) is 107 Å². The molecule has 0 unspecified atom stereocenters. The van der Waals surface area contributed by atoms with Crippen molar-refractivity contribution in [2.45, 2.75) is 14.9 Å². The van der Waals surface area contributed by atoms with E-state index in [9.17, 15) is 0 Å². The Labute approximate surface area is 75.9 Å². The third kappa shape index (κ3) is 34600. The van der Waals surface area contributed by atoms with Crippen LogP contribution in [0.5, 0.6) is 0 Å². The summed E-state index contributed by atoms with van der Waals surface area (Å²) in [5, 5.41) is 12.0. The fourth-order valence-electron chi connectivity index (χ4n) is 0. The average Bonchev–Trinajstić information content (AvgIpc) is 1.50. The van der Waals surface area contributed by atoms with E-state index in [1.165, 1.54) is 7.05 Å². The van der Waals surface area contributed by atoms with Gasteiger partial charge in [0, 0.05) is 40.3 Å². The van der Waals surface area contributed by atoms with Crippen LogP contribution in [0.3, 0.4) is 0 Å². The number of hydrogen-bond donors (Lipinski definition) is 1. The van der Waals surface area contributed by atoms with E-state index in [1.54, 1.807) is 0 Å². The summed E-state index contributed by atoms with van der Waals surface area (Å²) >= 11 is 0. The van der Waals surface area contributed by atoms with Crippen molar-refractivity contribution in [1.29, 1.82) is 10.8 Å². The van der Waals surface area contributed by atoms with Crippen molar-refractivity contribution < 1.29 is 22.5 Å². The molecule has 0 aliphatic carbocycles. The van der Waals surface area contributed by atoms with E-state index in [0.29, 0.717) is 0 Å². The summed E-state index contributed by atoms with van der Waals surface area (Å²) in [6.45, 7) is 0. The second kappa shape index (κ2) is 46800. The van der Waals surface area contributed by atoms with Crippen LogP contribution < -0.4 is 5.73 Å². The van der Waals surface area contributed by atoms with Crippen molar-refractivity contribution >= 4 is 8.41 Å². The molecule has 0 atom stereocenters. The molecule has 0 spiro atoms. The molecule has 6 heteroatoms. The molecule has 0 rings (SSSR count). The van der Waals surface area contributed by atoms with Crippen molar-refractivity contribution in [1.82, 2.24) is 0 Å². The summed E-state index contributed by atoms with van der Waals surface area (Å²) in [6, 6.07) is 0. The summed E-state index contributed by atoms with van der Waals surface area (Å²) in [5.41, 5.74) is 4.50. The van der Waals surface area contributed by atoms with E-state index in [2.05, 4.69) is 5.73 Å². The molecule has 0 aromatic rings. The molecule has 0 bridgehead atoms. The second-order valence-electron chi connectivity index (χ2n) is 0. The first kappa shape index (κ1) is 136. The zero-order chi connectivity index (χ0) is 4.00. The van der Waals surface area contributed by atoms with Gasteiger partial charge in [-0.15, -0.1) is 0 Å². The van der Waals surface area contributed by atoms with Crippen LogP contribution in [-0.2, 0) is 21.1 Å². The Kier molecular flexibility index (Phi) is 707000. The van der Waals surface area contributed by atoms with E-state index >= 15 is 0 Å². The van der Waals surface area contributed by atoms with Gasteiger partial charge >= 0.3 is 0 Å². The Bertz CT molecular complexity index is 25.2. The molecule has 0 amide bonds. The molecule has 9 heavy (non-hydrogen) atoms. The predicted molar refractivity (Wildman–Crippen MR) is 39.2 cm³/mol. The number of hydrogen-bond acceptors (Lipinski definition) is 3. The standard InChI is InChI=1S/CH5N.2CH4.B.N2.H2N.W.H/c1-2;;;;1-2;;;/h2H2,1H3;2*1H4;;;1H2;;/q;;;;;-1;;-1/i;;;;;;;1+1. The SMILES string of the molecule is C.C.CN.N#N.[2H-].[B].[NH2-].[W]. The number of nitrogens with two attached hydrogens (primary N) is 2. The van der Waals surface area contributed by atoms with Gasteiger partial charge in [-0.05, 0) is 7.05 Å². The first-order valence-electron chi connectivity index (χ1n) is 0.777. The van der Waals surface area contributed by atoms with Crippen molar-refractivity contribution in [3.8, 4) is 0 Å². The summed E-state index contributed by atoms with van der Waals surface area (Å²) in [6.07, 6.45) is 0. The van der Waals surface area contributed by atoms with E-state index in [0.717, 1.165) is 0 Å². The zero-order valence-electron chi connectivity index (χ0n) is 5.03. The van der Waals surface area contributed by atoms with E-state index in [1.807, 2.05) is 0 Å². The van der Waals surface area contributed by atoms with Crippen molar-refractivity contribution in [2.24, 2.45) is 5.73 Å². The summed E-state index contributed by atoms with van der Waals surface area (Å²) in [7, 11) is 1.50. The Balaban J connectivity index is -0.000000000833. The van der Waals surface area contributed by atoms with Crippen LogP contribution in [0.4, 0.5) is 0 Å². The minimum Gasteiger partial charge on any atom is -1.00 e. The molecule has 0 heterocycles. The van der Waals surface area contributed by atoms with Crippen LogP contribution in [0.15, 0.2) is 0 Å². The first-order chi connectivity index (χ1) is 2.00. The Hall–Kier alpha value is 0.0932. The molecule has 59 valence electrons. The summed E-state index contributed by atoms with van der Waals surface area (Å²) < 4.78 is 0. The number of nitrogens with zero attached hydrogens (tertiary/aromatic N) is 2. The number of rotatable bonds is 0. The Morgan fingerprint density at radius 2 is 1.11 bits per heavy atom. The van der Waals surface area contributed by atoms with Crippen LogP contribution >= 0.6 is 0 Å². The van der Waals surface area contributed by atoms with Crippen LogP contribution in [0.1, 0.15) is 16.3 Å². The fourth-order valence-corrected chi connectivity index (χ4v) is 0. The maximum absolute atomic E-state index is 6.00.